The Kier molecular flexibility index (Phi) is 7.33. The number of hydrogen-bond donors (Lipinski definition) is 1. The SMILES string of the molecule is Cc1nnc(C(C)C)n1C1C[C@H]2CC[C@@H](C1)N2CC[C@H](NC(=O)C1CCCC1)c1ccc(Cl)s1. The Morgan fingerprint density at radius 3 is 2.44 bits per heavy atom. The highest BCUT2D eigenvalue weighted by Crippen LogP contribution is 2.42. The van der Waals surface area contributed by atoms with E-state index in [9.17, 15) is 4.79 Å². The molecule has 2 aromatic heterocycles. The van der Waals surface area contributed by atoms with Crippen LogP contribution in [0.3, 0.4) is 0 Å². The first-order valence-corrected chi connectivity index (χ1v) is 14.3. The van der Waals surface area contributed by atoms with Gasteiger partial charge in [-0.1, -0.05) is 38.3 Å². The van der Waals surface area contributed by atoms with Gasteiger partial charge in [-0.15, -0.1) is 21.5 Å². The standard InChI is InChI=1S/C26H38ClN5OS/c1-16(2)25-30-29-17(3)32(25)21-14-19-8-9-20(15-21)31(19)13-12-22(23-10-11-24(27)34-23)28-26(33)18-6-4-5-7-18/h10-11,16,18-22H,4-9,12-15H2,1-3H3,(H,28,33)/t19-,20+,21?,22-/m0/s1. The third-order valence-corrected chi connectivity index (χ3v) is 9.63. The smallest absolute Gasteiger partial charge is 0.223 e. The molecule has 1 amide bonds. The van der Waals surface area contributed by atoms with Crippen molar-refractivity contribution in [2.75, 3.05) is 6.54 Å². The molecule has 34 heavy (non-hydrogen) atoms. The van der Waals surface area contributed by atoms with Gasteiger partial charge in [0.2, 0.25) is 5.91 Å². The summed E-state index contributed by atoms with van der Waals surface area (Å²) < 4.78 is 3.22. The number of amides is 1. The maximum atomic E-state index is 13.0. The molecule has 4 heterocycles. The summed E-state index contributed by atoms with van der Waals surface area (Å²) in [4.78, 5) is 16.9. The molecule has 2 aromatic rings. The quantitative estimate of drug-likeness (QED) is 0.477. The van der Waals surface area contributed by atoms with Crippen LogP contribution in [0.4, 0.5) is 0 Å². The van der Waals surface area contributed by atoms with Crippen LogP contribution in [0.25, 0.3) is 0 Å². The van der Waals surface area contributed by atoms with Gasteiger partial charge in [-0.05, 0) is 64.0 Å². The maximum Gasteiger partial charge on any atom is 0.223 e. The average molecular weight is 504 g/mol. The number of carbonyl (C=O) groups excluding carboxylic acids is 1. The fourth-order valence-electron chi connectivity index (χ4n) is 6.61. The molecule has 0 radical (unpaired) electrons. The van der Waals surface area contributed by atoms with E-state index in [2.05, 4.69) is 51.8 Å². The predicted molar refractivity (Wildman–Crippen MR) is 137 cm³/mol. The van der Waals surface area contributed by atoms with E-state index < -0.39 is 0 Å². The van der Waals surface area contributed by atoms with Crippen molar-refractivity contribution in [1.29, 1.82) is 0 Å². The average Bonchev–Trinajstić information content (AvgIpc) is 3.59. The van der Waals surface area contributed by atoms with Crippen molar-refractivity contribution in [2.45, 2.75) is 109 Å². The highest BCUT2D eigenvalue weighted by molar-refractivity contribution is 7.16. The molecular weight excluding hydrogens is 466 g/mol. The summed E-state index contributed by atoms with van der Waals surface area (Å²) in [6.45, 7) is 7.53. The van der Waals surface area contributed by atoms with Gasteiger partial charge in [0.25, 0.3) is 0 Å². The van der Waals surface area contributed by atoms with Gasteiger partial charge in [-0.2, -0.15) is 0 Å². The number of carbonyl (C=O) groups is 1. The molecule has 4 atom stereocenters. The molecule has 1 unspecified atom stereocenters. The number of rotatable bonds is 8. The van der Waals surface area contributed by atoms with Crippen LogP contribution in [-0.2, 0) is 4.79 Å². The largest absolute Gasteiger partial charge is 0.348 e. The van der Waals surface area contributed by atoms with E-state index in [1.54, 1.807) is 11.3 Å². The molecule has 2 saturated heterocycles. The lowest BCUT2D eigenvalue weighted by atomic mass is 9.95. The van der Waals surface area contributed by atoms with Gasteiger partial charge in [-0.3, -0.25) is 9.69 Å². The van der Waals surface area contributed by atoms with Crippen LogP contribution in [0.2, 0.25) is 4.34 Å². The summed E-state index contributed by atoms with van der Waals surface area (Å²) in [6, 6.07) is 5.80. The van der Waals surface area contributed by atoms with Crippen LogP contribution >= 0.6 is 22.9 Å². The number of aryl methyl sites for hydroxylation is 1. The molecule has 3 fully saturated rings. The lowest BCUT2D eigenvalue weighted by molar-refractivity contribution is -0.125. The van der Waals surface area contributed by atoms with Crippen molar-refractivity contribution in [3.05, 3.63) is 33.0 Å². The topological polar surface area (TPSA) is 63.1 Å². The summed E-state index contributed by atoms with van der Waals surface area (Å²) in [5, 5.41) is 12.3. The zero-order chi connectivity index (χ0) is 23.8. The molecule has 3 aliphatic rings. The van der Waals surface area contributed by atoms with Crippen molar-refractivity contribution in [1.82, 2.24) is 25.0 Å². The number of halogens is 1. The molecule has 0 aromatic carbocycles. The second kappa shape index (κ2) is 10.3. The summed E-state index contributed by atoms with van der Waals surface area (Å²) >= 11 is 7.87. The van der Waals surface area contributed by atoms with Gasteiger partial charge in [-0.25, -0.2) is 0 Å². The molecule has 8 heteroatoms. The third-order valence-electron chi connectivity index (χ3n) is 8.29. The normalized spacial score (nSPS) is 26.4. The Morgan fingerprint density at radius 2 is 1.82 bits per heavy atom. The molecule has 2 aliphatic heterocycles. The van der Waals surface area contributed by atoms with E-state index in [1.807, 2.05) is 6.07 Å². The van der Waals surface area contributed by atoms with Crippen LogP contribution in [0, 0.1) is 12.8 Å². The lowest BCUT2D eigenvalue weighted by Crippen LogP contribution is -2.45. The predicted octanol–water partition coefficient (Wildman–Crippen LogP) is 6.03. The highest BCUT2D eigenvalue weighted by Gasteiger charge is 2.42. The maximum absolute atomic E-state index is 13.0. The molecule has 1 aliphatic carbocycles. The van der Waals surface area contributed by atoms with E-state index in [-0.39, 0.29) is 17.9 Å². The van der Waals surface area contributed by atoms with Gasteiger partial charge in [0.1, 0.15) is 11.6 Å². The number of aromatic nitrogens is 3. The summed E-state index contributed by atoms with van der Waals surface area (Å²) in [5.41, 5.74) is 0. The van der Waals surface area contributed by atoms with E-state index in [0.717, 1.165) is 41.8 Å². The first-order valence-electron chi connectivity index (χ1n) is 13.1. The van der Waals surface area contributed by atoms with Crippen molar-refractivity contribution < 1.29 is 4.79 Å². The number of nitrogens with one attached hydrogen (secondary N) is 1. The monoisotopic (exact) mass is 503 g/mol. The minimum absolute atomic E-state index is 0.0513. The van der Waals surface area contributed by atoms with Crippen molar-refractivity contribution in [3.63, 3.8) is 0 Å². The van der Waals surface area contributed by atoms with Gasteiger partial charge < -0.3 is 9.88 Å². The number of nitrogens with zero attached hydrogens (tertiary/aromatic N) is 4. The summed E-state index contributed by atoms with van der Waals surface area (Å²) in [7, 11) is 0. The first-order chi connectivity index (χ1) is 16.4. The second-order valence-corrected chi connectivity index (χ2v) is 12.6. The molecule has 1 saturated carbocycles. The molecule has 2 bridgehead atoms. The number of thiophene rings is 1. The van der Waals surface area contributed by atoms with Crippen LogP contribution in [-0.4, -0.2) is 44.2 Å². The Hall–Kier alpha value is -1.44. The lowest BCUT2D eigenvalue weighted by Gasteiger charge is -2.40. The third kappa shape index (κ3) is 4.93. The Bertz CT molecular complexity index is 983. The van der Waals surface area contributed by atoms with Crippen LogP contribution in [0.15, 0.2) is 12.1 Å². The number of fused-ring (bicyclic) bond motifs is 2. The van der Waals surface area contributed by atoms with E-state index in [1.165, 1.54) is 43.4 Å². The number of piperidine rings is 1. The van der Waals surface area contributed by atoms with Crippen LogP contribution in [0.1, 0.15) is 106 Å². The molecule has 1 N–H and O–H groups in total. The zero-order valence-electron chi connectivity index (χ0n) is 20.7. The van der Waals surface area contributed by atoms with Crippen molar-refractivity contribution in [3.8, 4) is 0 Å². The van der Waals surface area contributed by atoms with Crippen LogP contribution in [0.5, 0.6) is 0 Å². The van der Waals surface area contributed by atoms with Gasteiger partial charge in [0.05, 0.1) is 10.4 Å². The van der Waals surface area contributed by atoms with Crippen LogP contribution < -0.4 is 5.32 Å². The van der Waals surface area contributed by atoms with Gasteiger partial charge in [0, 0.05) is 41.4 Å². The Labute approximate surface area is 212 Å². The van der Waals surface area contributed by atoms with E-state index in [4.69, 9.17) is 11.6 Å². The van der Waals surface area contributed by atoms with E-state index in [0.29, 0.717) is 24.0 Å². The molecule has 0 spiro atoms. The minimum Gasteiger partial charge on any atom is -0.348 e. The molecule has 6 nitrogen and oxygen atoms in total. The van der Waals surface area contributed by atoms with Crippen molar-refractivity contribution >= 4 is 28.8 Å². The molecule has 5 rings (SSSR count). The Balaban J connectivity index is 1.26. The minimum atomic E-state index is 0.0513. The highest BCUT2D eigenvalue weighted by atomic mass is 35.5. The fraction of sp³-hybridized carbons (Fsp3) is 0.731. The zero-order valence-corrected chi connectivity index (χ0v) is 22.2. The fourth-order valence-corrected chi connectivity index (χ4v) is 7.76. The number of hydrogen-bond acceptors (Lipinski definition) is 5. The molecule has 186 valence electrons. The Morgan fingerprint density at radius 1 is 1.12 bits per heavy atom. The second-order valence-electron chi connectivity index (χ2n) is 10.9. The first kappa shape index (κ1) is 24.3. The molecular formula is C26H38ClN5OS. The summed E-state index contributed by atoms with van der Waals surface area (Å²) in [5.74, 6) is 2.98. The van der Waals surface area contributed by atoms with Gasteiger partial charge in [0.15, 0.2) is 0 Å². The van der Waals surface area contributed by atoms with Crippen molar-refractivity contribution in [2.24, 2.45) is 5.92 Å². The van der Waals surface area contributed by atoms with Gasteiger partial charge >= 0.3 is 0 Å². The summed E-state index contributed by atoms with van der Waals surface area (Å²) in [6.07, 6.45) is 10.2. The van der Waals surface area contributed by atoms with E-state index >= 15 is 0 Å².